The Morgan fingerprint density at radius 1 is 1.35 bits per heavy atom. The van der Waals surface area contributed by atoms with Gasteiger partial charge in [-0.15, -0.1) is 11.3 Å². The summed E-state index contributed by atoms with van der Waals surface area (Å²) in [6, 6.07) is 8.73. The number of benzene rings is 1. The zero-order valence-corrected chi connectivity index (χ0v) is 14.8. The fourth-order valence-electron chi connectivity index (χ4n) is 1.87. The first-order chi connectivity index (χ1) is 9.36. The molecule has 0 spiro atoms. The lowest BCUT2D eigenvalue weighted by molar-refractivity contribution is 0.554. The molecule has 1 aromatic carbocycles. The van der Waals surface area contributed by atoms with Gasteiger partial charge in [0, 0.05) is 27.9 Å². The van der Waals surface area contributed by atoms with Crippen LogP contribution < -0.4 is 5.32 Å². The zero-order chi connectivity index (χ0) is 14.8. The predicted octanol–water partition coefficient (Wildman–Crippen LogP) is 5.05. The molecule has 2 aromatic rings. The molecule has 2 nitrogen and oxygen atoms in total. The second-order valence-corrected chi connectivity index (χ2v) is 7.89. The average molecular weight is 353 g/mol. The Morgan fingerprint density at radius 2 is 2.10 bits per heavy atom. The summed E-state index contributed by atoms with van der Waals surface area (Å²) < 4.78 is 1.12. The lowest BCUT2D eigenvalue weighted by Crippen LogP contribution is -2.18. The fraction of sp³-hybridized carbons (Fsp3) is 0.438. The van der Waals surface area contributed by atoms with Crippen molar-refractivity contribution in [2.45, 2.75) is 45.7 Å². The van der Waals surface area contributed by atoms with Crippen molar-refractivity contribution in [2.24, 2.45) is 0 Å². The average Bonchev–Trinajstić information content (AvgIpc) is 2.84. The number of nitrogens with one attached hydrogen (secondary N) is 1. The van der Waals surface area contributed by atoms with E-state index in [2.05, 4.69) is 72.5 Å². The summed E-state index contributed by atoms with van der Waals surface area (Å²) in [7, 11) is 0. The molecule has 4 heteroatoms. The van der Waals surface area contributed by atoms with E-state index in [-0.39, 0.29) is 5.41 Å². The Bertz CT molecular complexity index is 572. The monoisotopic (exact) mass is 352 g/mol. The van der Waals surface area contributed by atoms with E-state index in [1.54, 1.807) is 11.3 Å². The highest BCUT2D eigenvalue weighted by Crippen LogP contribution is 2.24. The Labute approximate surface area is 133 Å². The number of hydrogen-bond donors (Lipinski definition) is 1. The van der Waals surface area contributed by atoms with Crippen LogP contribution in [-0.4, -0.2) is 4.98 Å². The second kappa shape index (κ2) is 6.37. The minimum atomic E-state index is 0.130. The van der Waals surface area contributed by atoms with Crippen molar-refractivity contribution in [3.63, 3.8) is 0 Å². The van der Waals surface area contributed by atoms with Crippen molar-refractivity contribution in [3.8, 4) is 0 Å². The maximum atomic E-state index is 4.71. The molecule has 0 saturated heterocycles. The van der Waals surface area contributed by atoms with Crippen LogP contribution in [0.25, 0.3) is 0 Å². The van der Waals surface area contributed by atoms with Gasteiger partial charge in [0.05, 0.1) is 5.69 Å². The number of thiazole rings is 1. The van der Waals surface area contributed by atoms with Gasteiger partial charge in [-0.05, 0) is 24.6 Å². The van der Waals surface area contributed by atoms with Gasteiger partial charge in [-0.3, -0.25) is 0 Å². The van der Waals surface area contributed by atoms with Gasteiger partial charge >= 0.3 is 0 Å². The van der Waals surface area contributed by atoms with Crippen LogP contribution in [0.1, 0.15) is 50.0 Å². The number of nitrogens with zero attached hydrogens (tertiary/aromatic N) is 1. The third kappa shape index (κ3) is 4.14. The van der Waals surface area contributed by atoms with Gasteiger partial charge in [0.15, 0.2) is 0 Å². The maximum Gasteiger partial charge on any atom is 0.107 e. The van der Waals surface area contributed by atoms with E-state index in [4.69, 9.17) is 4.98 Å². The van der Waals surface area contributed by atoms with Crippen LogP contribution in [0.4, 0.5) is 0 Å². The van der Waals surface area contributed by atoms with Crippen LogP contribution >= 0.6 is 27.3 Å². The maximum absolute atomic E-state index is 4.71. The van der Waals surface area contributed by atoms with Crippen molar-refractivity contribution < 1.29 is 0 Å². The quantitative estimate of drug-likeness (QED) is 0.832. The van der Waals surface area contributed by atoms with Gasteiger partial charge < -0.3 is 5.32 Å². The molecule has 1 atom stereocenters. The molecule has 108 valence electrons. The van der Waals surface area contributed by atoms with Crippen LogP contribution in [0.5, 0.6) is 0 Å². The number of aromatic nitrogens is 1. The third-order valence-electron chi connectivity index (χ3n) is 3.23. The Kier molecular flexibility index (Phi) is 4.99. The van der Waals surface area contributed by atoms with E-state index in [0.717, 1.165) is 16.0 Å². The molecule has 1 N–H and O–H groups in total. The molecule has 0 aliphatic rings. The molecular formula is C16H21BrN2S. The lowest BCUT2D eigenvalue weighted by Gasteiger charge is -2.15. The van der Waals surface area contributed by atoms with E-state index in [9.17, 15) is 0 Å². The standard InChI is InChI=1S/C16H21BrN2S/c1-11(12-6-5-7-13(17)8-12)18-9-15-19-14(10-20-15)16(2,3)4/h5-8,10-11,18H,9H2,1-4H3/t11-/m1/s1. The lowest BCUT2D eigenvalue weighted by atomic mass is 9.93. The molecule has 0 unspecified atom stereocenters. The zero-order valence-electron chi connectivity index (χ0n) is 12.4. The summed E-state index contributed by atoms with van der Waals surface area (Å²) in [4.78, 5) is 4.71. The number of halogens is 1. The highest BCUT2D eigenvalue weighted by atomic mass is 79.9. The molecule has 0 radical (unpaired) electrons. The molecule has 0 fully saturated rings. The molecule has 0 aliphatic carbocycles. The van der Waals surface area contributed by atoms with E-state index in [1.165, 1.54) is 11.3 Å². The van der Waals surface area contributed by atoms with Crippen LogP contribution in [0.2, 0.25) is 0 Å². The molecule has 0 aliphatic heterocycles. The summed E-state index contributed by atoms with van der Waals surface area (Å²) in [5.41, 5.74) is 2.59. The summed E-state index contributed by atoms with van der Waals surface area (Å²) in [5, 5.41) is 6.85. The molecule has 1 heterocycles. The minimum absolute atomic E-state index is 0.130. The smallest absolute Gasteiger partial charge is 0.107 e. The van der Waals surface area contributed by atoms with E-state index in [1.807, 2.05) is 6.07 Å². The Morgan fingerprint density at radius 3 is 2.70 bits per heavy atom. The predicted molar refractivity (Wildman–Crippen MR) is 90.2 cm³/mol. The van der Waals surface area contributed by atoms with E-state index >= 15 is 0 Å². The summed E-state index contributed by atoms with van der Waals surface area (Å²) in [6.45, 7) is 9.59. The highest BCUT2D eigenvalue weighted by molar-refractivity contribution is 9.10. The summed E-state index contributed by atoms with van der Waals surface area (Å²) >= 11 is 5.25. The number of hydrogen-bond acceptors (Lipinski definition) is 3. The number of rotatable bonds is 4. The van der Waals surface area contributed by atoms with Crippen molar-refractivity contribution in [2.75, 3.05) is 0 Å². The minimum Gasteiger partial charge on any atom is -0.304 e. The Hall–Kier alpha value is -0.710. The molecule has 20 heavy (non-hydrogen) atoms. The first-order valence-corrected chi connectivity index (χ1v) is 8.47. The normalized spacial score (nSPS) is 13.4. The van der Waals surface area contributed by atoms with Gasteiger partial charge in [0.1, 0.15) is 5.01 Å². The van der Waals surface area contributed by atoms with Crippen molar-refractivity contribution >= 4 is 27.3 Å². The van der Waals surface area contributed by atoms with Gasteiger partial charge in [-0.1, -0.05) is 48.8 Å². The summed E-state index contributed by atoms with van der Waals surface area (Å²) in [5.74, 6) is 0. The van der Waals surface area contributed by atoms with Crippen molar-refractivity contribution in [1.29, 1.82) is 0 Å². The van der Waals surface area contributed by atoms with Crippen LogP contribution in [0.3, 0.4) is 0 Å². The van der Waals surface area contributed by atoms with Crippen molar-refractivity contribution in [3.05, 3.63) is 50.4 Å². The SMILES string of the molecule is C[C@@H](NCc1nc(C(C)(C)C)cs1)c1cccc(Br)c1. The molecule has 0 amide bonds. The molecule has 0 saturated carbocycles. The topological polar surface area (TPSA) is 24.9 Å². The first kappa shape index (κ1) is 15.7. The summed E-state index contributed by atoms with van der Waals surface area (Å²) in [6.07, 6.45) is 0. The molecule has 2 rings (SSSR count). The van der Waals surface area contributed by atoms with Gasteiger partial charge in [0.25, 0.3) is 0 Å². The van der Waals surface area contributed by atoms with E-state index < -0.39 is 0 Å². The van der Waals surface area contributed by atoms with Crippen molar-refractivity contribution in [1.82, 2.24) is 10.3 Å². The van der Waals surface area contributed by atoms with E-state index in [0.29, 0.717) is 6.04 Å². The highest BCUT2D eigenvalue weighted by Gasteiger charge is 2.17. The van der Waals surface area contributed by atoms with Gasteiger partial charge in [-0.2, -0.15) is 0 Å². The first-order valence-electron chi connectivity index (χ1n) is 6.80. The fourth-order valence-corrected chi connectivity index (χ4v) is 3.26. The molecule has 1 aromatic heterocycles. The molecular weight excluding hydrogens is 332 g/mol. The third-order valence-corrected chi connectivity index (χ3v) is 4.57. The van der Waals surface area contributed by atoms with Crippen LogP contribution in [0.15, 0.2) is 34.1 Å². The Balaban J connectivity index is 1.97. The van der Waals surface area contributed by atoms with Gasteiger partial charge in [0.2, 0.25) is 0 Å². The van der Waals surface area contributed by atoms with Gasteiger partial charge in [-0.25, -0.2) is 4.98 Å². The van der Waals surface area contributed by atoms with Crippen LogP contribution in [-0.2, 0) is 12.0 Å². The molecule has 0 bridgehead atoms. The van der Waals surface area contributed by atoms with Crippen LogP contribution in [0, 0.1) is 0 Å². The second-order valence-electron chi connectivity index (χ2n) is 6.03. The largest absolute Gasteiger partial charge is 0.304 e.